The van der Waals surface area contributed by atoms with E-state index < -0.39 is 10.1 Å². The van der Waals surface area contributed by atoms with Gasteiger partial charge in [0.25, 0.3) is 10.1 Å². The molecule has 0 heterocycles. The molecule has 0 aromatic heterocycles. The summed E-state index contributed by atoms with van der Waals surface area (Å²) in [4.78, 5) is 0. The van der Waals surface area contributed by atoms with Crippen molar-refractivity contribution in [1.82, 2.24) is 0 Å². The zero-order chi connectivity index (χ0) is 10.3. The van der Waals surface area contributed by atoms with E-state index >= 15 is 0 Å². The number of rotatable bonds is 7. The van der Waals surface area contributed by atoms with Gasteiger partial charge in [-0.3, -0.25) is 4.18 Å². The highest BCUT2D eigenvalue weighted by atomic mass is 32.2. The summed E-state index contributed by atoms with van der Waals surface area (Å²) in [5.41, 5.74) is 0. The lowest BCUT2D eigenvalue weighted by atomic mass is 10.2. The van der Waals surface area contributed by atoms with Crippen molar-refractivity contribution in [2.75, 3.05) is 26.1 Å². The van der Waals surface area contributed by atoms with E-state index in [9.17, 15) is 8.42 Å². The van der Waals surface area contributed by atoms with Crippen LogP contribution >= 0.6 is 0 Å². The number of ether oxygens (including phenoxy) is 1. The van der Waals surface area contributed by atoms with Gasteiger partial charge in [-0.05, 0) is 12.3 Å². The molecule has 0 aliphatic heterocycles. The van der Waals surface area contributed by atoms with Crippen molar-refractivity contribution in [3.8, 4) is 0 Å². The Balaban J connectivity index is 3.18. The van der Waals surface area contributed by atoms with Crippen molar-refractivity contribution in [3.05, 3.63) is 0 Å². The fraction of sp³-hybridized carbons (Fsp3) is 1.00. The van der Waals surface area contributed by atoms with E-state index in [2.05, 4.69) is 18.0 Å². The highest BCUT2D eigenvalue weighted by molar-refractivity contribution is 7.85. The van der Waals surface area contributed by atoms with E-state index in [0.29, 0.717) is 25.6 Å². The Bertz CT molecular complexity index is 208. The normalized spacial score (nSPS) is 12.3. The van der Waals surface area contributed by atoms with E-state index in [4.69, 9.17) is 4.74 Å². The molecule has 0 N–H and O–H groups in total. The molecule has 0 aromatic carbocycles. The van der Waals surface area contributed by atoms with Gasteiger partial charge in [-0.1, -0.05) is 13.8 Å². The average molecular weight is 210 g/mol. The maximum absolute atomic E-state index is 10.5. The first-order valence-electron chi connectivity index (χ1n) is 4.34. The lowest BCUT2D eigenvalue weighted by molar-refractivity contribution is 0.0989. The summed E-state index contributed by atoms with van der Waals surface area (Å²) in [6.45, 7) is 5.59. The van der Waals surface area contributed by atoms with E-state index in [0.717, 1.165) is 6.26 Å². The lowest BCUT2D eigenvalue weighted by Gasteiger charge is -2.06. The summed E-state index contributed by atoms with van der Waals surface area (Å²) in [5, 5.41) is 0. The van der Waals surface area contributed by atoms with Crippen LogP contribution in [-0.2, 0) is 19.0 Å². The standard InChI is InChI=1S/C8H18O4S/c1-8(2)7-11-5-4-6-12-13(3,9)10/h8H,4-7H2,1-3H3. The van der Waals surface area contributed by atoms with Gasteiger partial charge >= 0.3 is 0 Å². The summed E-state index contributed by atoms with van der Waals surface area (Å²) in [6.07, 6.45) is 1.65. The molecule has 0 atom stereocenters. The zero-order valence-electron chi connectivity index (χ0n) is 8.45. The highest BCUT2D eigenvalue weighted by Crippen LogP contribution is 1.95. The van der Waals surface area contributed by atoms with Crippen LogP contribution in [0.3, 0.4) is 0 Å². The van der Waals surface area contributed by atoms with E-state index in [-0.39, 0.29) is 6.61 Å². The molecule has 80 valence electrons. The van der Waals surface area contributed by atoms with Crippen LogP contribution in [0.15, 0.2) is 0 Å². The second-order valence-corrected chi connectivity index (χ2v) is 4.99. The van der Waals surface area contributed by atoms with Crippen LogP contribution in [0, 0.1) is 5.92 Å². The summed E-state index contributed by atoms with van der Waals surface area (Å²) >= 11 is 0. The van der Waals surface area contributed by atoms with E-state index in [1.165, 1.54) is 0 Å². The second kappa shape index (κ2) is 6.34. The molecule has 0 bridgehead atoms. The Morgan fingerprint density at radius 1 is 1.23 bits per heavy atom. The Morgan fingerprint density at radius 3 is 2.31 bits per heavy atom. The average Bonchev–Trinajstić information content (AvgIpc) is 1.93. The van der Waals surface area contributed by atoms with Crippen LogP contribution in [0.5, 0.6) is 0 Å². The second-order valence-electron chi connectivity index (χ2n) is 3.35. The van der Waals surface area contributed by atoms with Crippen LogP contribution in [0.1, 0.15) is 20.3 Å². The first-order valence-corrected chi connectivity index (χ1v) is 6.15. The Labute approximate surface area is 80.4 Å². The van der Waals surface area contributed by atoms with Gasteiger partial charge in [-0.2, -0.15) is 8.42 Å². The van der Waals surface area contributed by atoms with Crippen molar-refractivity contribution < 1.29 is 17.3 Å². The van der Waals surface area contributed by atoms with Crippen LogP contribution < -0.4 is 0 Å². The Hall–Kier alpha value is -0.130. The van der Waals surface area contributed by atoms with Gasteiger partial charge in [0.1, 0.15) is 0 Å². The topological polar surface area (TPSA) is 52.6 Å². The predicted molar refractivity (Wildman–Crippen MR) is 51.1 cm³/mol. The van der Waals surface area contributed by atoms with Gasteiger partial charge < -0.3 is 4.74 Å². The molecule has 0 rings (SSSR count). The van der Waals surface area contributed by atoms with Crippen molar-refractivity contribution in [2.24, 2.45) is 5.92 Å². The van der Waals surface area contributed by atoms with Crippen molar-refractivity contribution in [2.45, 2.75) is 20.3 Å². The molecule has 0 aliphatic carbocycles. The highest BCUT2D eigenvalue weighted by Gasteiger charge is 2.00. The third kappa shape index (κ3) is 11.9. The molecule has 5 heteroatoms. The molecule has 0 saturated heterocycles. The lowest BCUT2D eigenvalue weighted by Crippen LogP contribution is -2.08. The van der Waals surface area contributed by atoms with Gasteiger partial charge in [0.2, 0.25) is 0 Å². The van der Waals surface area contributed by atoms with Gasteiger partial charge in [-0.25, -0.2) is 0 Å². The Morgan fingerprint density at radius 2 is 1.85 bits per heavy atom. The van der Waals surface area contributed by atoms with Crippen molar-refractivity contribution >= 4 is 10.1 Å². The first-order chi connectivity index (χ1) is 5.92. The molecule has 4 nitrogen and oxygen atoms in total. The SMILES string of the molecule is CC(C)COCCCOS(C)(=O)=O. The van der Waals surface area contributed by atoms with Gasteiger partial charge in [0, 0.05) is 13.2 Å². The van der Waals surface area contributed by atoms with Gasteiger partial charge in [0.05, 0.1) is 12.9 Å². The zero-order valence-corrected chi connectivity index (χ0v) is 9.26. The minimum Gasteiger partial charge on any atom is -0.381 e. The maximum atomic E-state index is 10.5. The molecule has 0 saturated carbocycles. The van der Waals surface area contributed by atoms with E-state index in [1.807, 2.05) is 0 Å². The fourth-order valence-corrected chi connectivity index (χ4v) is 1.11. The third-order valence-electron chi connectivity index (χ3n) is 1.18. The smallest absolute Gasteiger partial charge is 0.264 e. The van der Waals surface area contributed by atoms with Gasteiger partial charge in [-0.15, -0.1) is 0 Å². The molecule has 0 amide bonds. The van der Waals surface area contributed by atoms with Crippen molar-refractivity contribution in [1.29, 1.82) is 0 Å². The van der Waals surface area contributed by atoms with Crippen molar-refractivity contribution in [3.63, 3.8) is 0 Å². The molecule has 0 radical (unpaired) electrons. The Kier molecular flexibility index (Phi) is 6.28. The van der Waals surface area contributed by atoms with Gasteiger partial charge in [0.15, 0.2) is 0 Å². The minimum absolute atomic E-state index is 0.205. The molecule has 0 fully saturated rings. The molecule has 0 aliphatic rings. The number of hydrogen-bond acceptors (Lipinski definition) is 4. The van der Waals surface area contributed by atoms with Crippen LogP contribution in [0.2, 0.25) is 0 Å². The third-order valence-corrected chi connectivity index (χ3v) is 1.78. The maximum Gasteiger partial charge on any atom is 0.264 e. The summed E-state index contributed by atoms with van der Waals surface area (Å²) in [6, 6.07) is 0. The molecular formula is C8H18O4S. The summed E-state index contributed by atoms with van der Waals surface area (Å²) < 4.78 is 30.8. The predicted octanol–water partition coefficient (Wildman–Crippen LogP) is 1.03. The largest absolute Gasteiger partial charge is 0.381 e. The van der Waals surface area contributed by atoms with Crippen LogP contribution in [-0.4, -0.2) is 34.5 Å². The summed E-state index contributed by atoms with van der Waals surface area (Å²) in [7, 11) is -3.28. The van der Waals surface area contributed by atoms with Crippen LogP contribution in [0.4, 0.5) is 0 Å². The summed E-state index contributed by atoms with van der Waals surface area (Å²) in [5.74, 6) is 0.510. The van der Waals surface area contributed by atoms with E-state index in [1.54, 1.807) is 0 Å². The van der Waals surface area contributed by atoms with Crippen LogP contribution in [0.25, 0.3) is 0 Å². The molecule has 0 unspecified atom stereocenters. The fourth-order valence-electron chi connectivity index (χ4n) is 0.690. The molecule has 0 aromatic rings. The molecular weight excluding hydrogens is 192 g/mol. The number of hydrogen-bond donors (Lipinski definition) is 0. The molecule has 0 spiro atoms. The monoisotopic (exact) mass is 210 g/mol. The first kappa shape index (κ1) is 12.9. The minimum atomic E-state index is -3.28. The quantitative estimate of drug-likeness (QED) is 0.465. The molecule has 13 heavy (non-hydrogen) atoms.